The lowest BCUT2D eigenvalue weighted by atomic mass is 9.95. The van der Waals surface area contributed by atoms with Gasteiger partial charge in [-0.05, 0) is 59.3 Å². The highest BCUT2D eigenvalue weighted by Gasteiger charge is 2.46. The van der Waals surface area contributed by atoms with Gasteiger partial charge in [-0.15, -0.1) is 21.5 Å². The van der Waals surface area contributed by atoms with Crippen LogP contribution in [0.5, 0.6) is 11.5 Å². The van der Waals surface area contributed by atoms with Crippen molar-refractivity contribution in [3.05, 3.63) is 128 Å². The number of amides is 1. The van der Waals surface area contributed by atoms with Gasteiger partial charge in [0.25, 0.3) is 5.91 Å². The van der Waals surface area contributed by atoms with Crippen LogP contribution in [0.4, 0.5) is 5.13 Å². The number of aliphatic hydroxyl groups is 1. The van der Waals surface area contributed by atoms with Crippen molar-refractivity contribution in [3.63, 3.8) is 0 Å². The Balaban J connectivity index is 1.34. The fourth-order valence-electron chi connectivity index (χ4n) is 4.79. The van der Waals surface area contributed by atoms with Gasteiger partial charge in [0.2, 0.25) is 10.9 Å². The van der Waals surface area contributed by atoms with E-state index in [1.807, 2.05) is 61.5 Å². The summed E-state index contributed by atoms with van der Waals surface area (Å²) in [5.74, 6) is -0.205. The molecule has 0 saturated carbocycles. The van der Waals surface area contributed by atoms with Crippen LogP contribution in [0.1, 0.15) is 39.3 Å². The van der Waals surface area contributed by atoms with Crippen LogP contribution in [-0.2, 0) is 17.2 Å². The van der Waals surface area contributed by atoms with E-state index in [4.69, 9.17) is 21.1 Å². The molecular weight excluding hydrogens is 650 g/mol. The van der Waals surface area contributed by atoms with Crippen LogP contribution in [0.15, 0.2) is 106 Å². The van der Waals surface area contributed by atoms with Gasteiger partial charge in [-0.1, -0.05) is 89.3 Å². The third kappa shape index (κ3) is 6.76. The van der Waals surface area contributed by atoms with Gasteiger partial charge in [0.05, 0.1) is 23.1 Å². The minimum Gasteiger partial charge on any atom is -0.503 e. The Hall–Kier alpha value is -4.16. The van der Waals surface area contributed by atoms with E-state index in [0.717, 1.165) is 11.1 Å². The topological polar surface area (TPSA) is 102 Å². The molecule has 0 aliphatic carbocycles. The van der Waals surface area contributed by atoms with E-state index >= 15 is 0 Å². The summed E-state index contributed by atoms with van der Waals surface area (Å²) in [6, 6.07) is 25.0. The number of carbonyl (C=O) groups is 2. The van der Waals surface area contributed by atoms with Crippen LogP contribution in [0, 0.1) is 0 Å². The number of anilines is 1. The summed E-state index contributed by atoms with van der Waals surface area (Å²) in [6.07, 6.45) is 0. The van der Waals surface area contributed by atoms with E-state index < -0.39 is 23.5 Å². The molecule has 6 rings (SSSR count). The second kappa shape index (κ2) is 13.9. The Morgan fingerprint density at radius 2 is 1.78 bits per heavy atom. The zero-order valence-electron chi connectivity index (χ0n) is 23.9. The second-order valence-corrected chi connectivity index (χ2v) is 13.4. The van der Waals surface area contributed by atoms with Crippen LogP contribution in [0.2, 0.25) is 5.02 Å². The molecule has 2 aromatic heterocycles. The third-order valence-corrected chi connectivity index (χ3v) is 10.1. The number of aliphatic hydroxyl groups excluding tert-OH is 1. The second-order valence-electron chi connectivity index (χ2n) is 9.83. The predicted octanol–water partition coefficient (Wildman–Crippen LogP) is 8.31. The number of thiophene rings is 1. The number of rotatable bonds is 12. The van der Waals surface area contributed by atoms with E-state index in [-0.39, 0.29) is 10.7 Å². The van der Waals surface area contributed by atoms with E-state index in [9.17, 15) is 14.7 Å². The number of ketones is 1. The molecule has 0 fully saturated rings. The first-order chi connectivity index (χ1) is 21.9. The lowest BCUT2D eigenvalue weighted by molar-refractivity contribution is -0.117. The summed E-state index contributed by atoms with van der Waals surface area (Å²) in [4.78, 5) is 29.2. The predicted molar refractivity (Wildman–Crippen MR) is 178 cm³/mol. The van der Waals surface area contributed by atoms with Crippen molar-refractivity contribution in [2.75, 3.05) is 11.5 Å². The summed E-state index contributed by atoms with van der Waals surface area (Å²) >= 11 is 9.92. The molecule has 0 bridgehead atoms. The average molecular weight is 676 g/mol. The maximum absolute atomic E-state index is 13.8. The number of thioether (sulfide) groups is 1. The summed E-state index contributed by atoms with van der Waals surface area (Å²) in [5.41, 5.74) is 2.56. The summed E-state index contributed by atoms with van der Waals surface area (Å²) in [6.45, 7) is 2.56. The molecule has 1 N–H and O–H groups in total. The first kappa shape index (κ1) is 30.8. The van der Waals surface area contributed by atoms with Gasteiger partial charge in [0.15, 0.2) is 21.6 Å². The van der Waals surface area contributed by atoms with Gasteiger partial charge < -0.3 is 14.6 Å². The van der Waals surface area contributed by atoms with Crippen molar-refractivity contribution in [2.24, 2.45) is 0 Å². The van der Waals surface area contributed by atoms with Crippen molar-refractivity contribution >= 4 is 62.9 Å². The number of ether oxygens (including phenoxy) is 2. The third-order valence-electron chi connectivity index (χ3n) is 6.90. The molecule has 228 valence electrons. The molecule has 3 heterocycles. The van der Waals surface area contributed by atoms with E-state index in [0.29, 0.717) is 50.3 Å². The smallest absolute Gasteiger partial charge is 0.296 e. The first-order valence-electron chi connectivity index (χ1n) is 13.9. The number of benzene rings is 3. The molecule has 45 heavy (non-hydrogen) atoms. The first-order valence-corrected chi connectivity index (χ1v) is 17.0. The number of hydrogen-bond acceptors (Lipinski definition) is 10. The molecule has 1 unspecified atom stereocenters. The summed E-state index contributed by atoms with van der Waals surface area (Å²) < 4.78 is 12.7. The van der Waals surface area contributed by atoms with Crippen molar-refractivity contribution < 1.29 is 24.2 Å². The van der Waals surface area contributed by atoms with Gasteiger partial charge in [-0.3, -0.25) is 14.5 Å². The van der Waals surface area contributed by atoms with Crippen molar-refractivity contribution in [1.82, 2.24) is 10.2 Å². The van der Waals surface area contributed by atoms with Gasteiger partial charge in [-0.25, -0.2) is 0 Å². The quantitative estimate of drug-likeness (QED) is 0.0801. The zero-order chi connectivity index (χ0) is 31.3. The fourth-order valence-corrected chi connectivity index (χ4v) is 7.42. The Morgan fingerprint density at radius 3 is 2.51 bits per heavy atom. The fraction of sp³-hybridized carbons (Fsp3) is 0.152. The highest BCUT2D eigenvalue weighted by atomic mass is 35.5. The number of halogens is 1. The number of aromatic nitrogens is 2. The molecule has 3 aromatic carbocycles. The number of nitrogens with zero attached hydrogens (tertiary/aromatic N) is 3. The average Bonchev–Trinajstić information content (AvgIpc) is 3.81. The monoisotopic (exact) mass is 675 g/mol. The lowest BCUT2D eigenvalue weighted by Gasteiger charge is -2.25. The van der Waals surface area contributed by atoms with E-state index in [1.165, 1.54) is 39.3 Å². The largest absolute Gasteiger partial charge is 0.503 e. The highest BCUT2D eigenvalue weighted by Crippen LogP contribution is 2.46. The molecule has 8 nitrogen and oxygen atoms in total. The van der Waals surface area contributed by atoms with Crippen LogP contribution in [-0.4, -0.2) is 33.6 Å². The van der Waals surface area contributed by atoms with Gasteiger partial charge in [0.1, 0.15) is 6.61 Å². The Morgan fingerprint density at radius 1 is 0.978 bits per heavy atom. The molecule has 0 radical (unpaired) electrons. The lowest BCUT2D eigenvalue weighted by Crippen LogP contribution is -2.31. The van der Waals surface area contributed by atoms with Gasteiger partial charge in [-0.2, -0.15) is 0 Å². The number of carbonyl (C=O) groups excluding carboxylic acids is 2. The van der Waals surface area contributed by atoms with Crippen molar-refractivity contribution in [1.29, 1.82) is 0 Å². The maximum Gasteiger partial charge on any atom is 0.296 e. The molecule has 1 aliphatic heterocycles. The molecule has 12 heteroatoms. The maximum atomic E-state index is 13.8. The van der Waals surface area contributed by atoms with Crippen LogP contribution in [0.3, 0.4) is 0 Å². The Labute approximate surface area is 276 Å². The molecule has 5 aromatic rings. The van der Waals surface area contributed by atoms with Crippen molar-refractivity contribution in [3.8, 4) is 11.5 Å². The Bertz CT molecular complexity index is 1840. The molecule has 1 aliphatic rings. The van der Waals surface area contributed by atoms with Crippen LogP contribution in [0.25, 0.3) is 0 Å². The minimum atomic E-state index is -0.975. The normalized spacial score (nSPS) is 14.7. The van der Waals surface area contributed by atoms with Gasteiger partial charge in [0, 0.05) is 10.8 Å². The van der Waals surface area contributed by atoms with Gasteiger partial charge >= 0.3 is 0 Å². The van der Waals surface area contributed by atoms with E-state index in [1.54, 1.807) is 35.7 Å². The van der Waals surface area contributed by atoms with Crippen LogP contribution < -0.4 is 14.4 Å². The highest BCUT2D eigenvalue weighted by molar-refractivity contribution is 8.00. The summed E-state index contributed by atoms with van der Waals surface area (Å²) in [7, 11) is 0. The summed E-state index contributed by atoms with van der Waals surface area (Å²) in [5, 5.41) is 22.5. The number of Topliss-reactive ketones (excluding diaryl/α,β-unsaturated/α-hetero) is 1. The zero-order valence-corrected chi connectivity index (χ0v) is 27.1. The van der Waals surface area contributed by atoms with Crippen molar-refractivity contribution in [2.45, 2.75) is 29.7 Å². The minimum absolute atomic E-state index is 0.0339. The standard InChI is InChI=1S/C33H26ClN3O5S3/c1-2-41-25-17-22(12-15-24(25)42-18-20-7-4-3-5-8-20)28-27(29(38)26-9-6-16-43-26)30(39)31(40)37(28)32-35-36-33(45-32)44-19-21-10-13-23(34)14-11-21/h3-17,28,39H,2,18-19H2,1H3. The molecular formula is C33H26ClN3O5S3. The Kier molecular flexibility index (Phi) is 9.50. The van der Waals surface area contributed by atoms with E-state index in [2.05, 4.69) is 10.2 Å². The molecule has 0 saturated heterocycles. The molecule has 1 amide bonds. The SMILES string of the molecule is CCOc1cc(C2C(C(=O)c3cccs3)=C(O)C(=O)N2c2nnc(SCc3ccc(Cl)cc3)s2)ccc1OCc1ccccc1. The van der Waals surface area contributed by atoms with Crippen LogP contribution >= 0.6 is 46.0 Å². The molecule has 0 spiro atoms. The molecule has 1 atom stereocenters. The number of hydrogen-bond donors (Lipinski definition) is 1.